The number of carbonyl (C=O) groups is 1. The molecular weight excluding hydrogens is 350 g/mol. The monoisotopic (exact) mass is 361 g/mol. The number of hydrogen-bond donors (Lipinski definition) is 1. The molecule has 1 N–H and O–H groups in total. The fraction of sp³-hybridized carbons (Fsp3) is 0.0625. The molecular formula is C16H12ClN3OS2. The van der Waals surface area contributed by atoms with Gasteiger partial charge in [-0.05, 0) is 36.6 Å². The van der Waals surface area contributed by atoms with Crippen molar-refractivity contribution in [1.82, 2.24) is 9.97 Å². The maximum absolute atomic E-state index is 12.4. The quantitative estimate of drug-likeness (QED) is 0.676. The average Bonchev–Trinajstić information content (AvgIpc) is 3.04. The van der Waals surface area contributed by atoms with E-state index in [1.54, 1.807) is 30.1 Å². The molecule has 0 aliphatic carbocycles. The summed E-state index contributed by atoms with van der Waals surface area (Å²) >= 11 is 9.03. The number of rotatable bonds is 4. The lowest BCUT2D eigenvalue weighted by molar-refractivity contribution is 0.102. The van der Waals surface area contributed by atoms with Gasteiger partial charge in [-0.2, -0.15) is 0 Å². The molecule has 0 fully saturated rings. The SMILES string of the molecule is CSc1ccc(Cl)c(C(=O)Nc2nc(-c3ccccn3)cs2)c1. The first-order valence-corrected chi connectivity index (χ1v) is 9.17. The lowest BCUT2D eigenvalue weighted by Crippen LogP contribution is -2.12. The van der Waals surface area contributed by atoms with E-state index in [0.29, 0.717) is 15.7 Å². The minimum atomic E-state index is -0.271. The summed E-state index contributed by atoms with van der Waals surface area (Å²) in [7, 11) is 0. The minimum absolute atomic E-state index is 0.271. The Balaban J connectivity index is 1.80. The van der Waals surface area contributed by atoms with Crippen molar-refractivity contribution >= 4 is 45.7 Å². The van der Waals surface area contributed by atoms with Crippen LogP contribution in [-0.2, 0) is 0 Å². The van der Waals surface area contributed by atoms with Gasteiger partial charge in [0.05, 0.1) is 16.3 Å². The number of thiazole rings is 1. The van der Waals surface area contributed by atoms with Crippen LogP contribution in [0.25, 0.3) is 11.4 Å². The van der Waals surface area contributed by atoms with E-state index in [9.17, 15) is 4.79 Å². The molecule has 3 rings (SSSR count). The molecule has 0 spiro atoms. The number of carbonyl (C=O) groups excluding carboxylic acids is 1. The largest absolute Gasteiger partial charge is 0.298 e. The molecule has 23 heavy (non-hydrogen) atoms. The number of thioether (sulfide) groups is 1. The summed E-state index contributed by atoms with van der Waals surface area (Å²) in [6, 6.07) is 11.0. The van der Waals surface area contributed by atoms with Gasteiger partial charge in [-0.3, -0.25) is 15.1 Å². The van der Waals surface area contributed by atoms with Gasteiger partial charge in [-0.15, -0.1) is 23.1 Å². The molecule has 1 amide bonds. The molecule has 0 bridgehead atoms. The van der Waals surface area contributed by atoms with E-state index in [1.807, 2.05) is 35.9 Å². The normalized spacial score (nSPS) is 10.5. The van der Waals surface area contributed by atoms with Gasteiger partial charge in [0.1, 0.15) is 5.69 Å². The Morgan fingerprint density at radius 2 is 2.13 bits per heavy atom. The molecule has 7 heteroatoms. The van der Waals surface area contributed by atoms with Gasteiger partial charge in [0.25, 0.3) is 5.91 Å². The van der Waals surface area contributed by atoms with E-state index < -0.39 is 0 Å². The Labute approximate surface area is 146 Å². The second kappa shape index (κ2) is 7.12. The van der Waals surface area contributed by atoms with E-state index in [-0.39, 0.29) is 5.91 Å². The van der Waals surface area contributed by atoms with Crippen LogP contribution in [0.4, 0.5) is 5.13 Å². The molecule has 0 saturated carbocycles. The summed E-state index contributed by atoms with van der Waals surface area (Å²) < 4.78 is 0. The third kappa shape index (κ3) is 3.72. The smallest absolute Gasteiger partial charge is 0.258 e. The Morgan fingerprint density at radius 1 is 1.26 bits per heavy atom. The van der Waals surface area contributed by atoms with Crippen molar-refractivity contribution in [2.75, 3.05) is 11.6 Å². The van der Waals surface area contributed by atoms with Crippen molar-refractivity contribution in [2.24, 2.45) is 0 Å². The van der Waals surface area contributed by atoms with Gasteiger partial charge >= 0.3 is 0 Å². The number of hydrogen-bond acceptors (Lipinski definition) is 5. The summed E-state index contributed by atoms with van der Waals surface area (Å²) in [4.78, 5) is 22.0. The Morgan fingerprint density at radius 3 is 2.87 bits per heavy atom. The first-order valence-electron chi connectivity index (χ1n) is 6.69. The van der Waals surface area contributed by atoms with Crippen LogP contribution in [0.3, 0.4) is 0 Å². The molecule has 0 unspecified atom stereocenters. The number of halogens is 1. The van der Waals surface area contributed by atoms with Crippen molar-refractivity contribution in [3.8, 4) is 11.4 Å². The predicted octanol–water partition coefficient (Wildman–Crippen LogP) is 4.83. The van der Waals surface area contributed by atoms with Crippen molar-refractivity contribution < 1.29 is 4.79 Å². The Hall–Kier alpha value is -1.89. The third-order valence-electron chi connectivity index (χ3n) is 3.07. The number of benzene rings is 1. The first-order chi connectivity index (χ1) is 11.2. The summed E-state index contributed by atoms with van der Waals surface area (Å²) in [6.07, 6.45) is 3.66. The van der Waals surface area contributed by atoms with Gasteiger partial charge in [0, 0.05) is 16.5 Å². The van der Waals surface area contributed by atoms with Gasteiger partial charge in [-0.25, -0.2) is 4.98 Å². The van der Waals surface area contributed by atoms with Crippen LogP contribution in [0.2, 0.25) is 5.02 Å². The maximum atomic E-state index is 12.4. The summed E-state index contributed by atoms with van der Waals surface area (Å²) in [5.74, 6) is -0.271. The number of nitrogens with zero attached hydrogens (tertiary/aromatic N) is 2. The topological polar surface area (TPSA) is 54.9 Å². The van der Waals surface area contributed by atoms with Gasteiger partial charge in [0.2, 0.25) is 0 Å². The standard InChI is InChI=1S/C16H12ClN3OS2/c1-22-10-5-6-12(17)11(8-10)15(21)20-16-19-14(9-23-16)13-4-2-3-7-18-13/h2-9H,1H3,(H,19,20,21). The second-order valence-electron chi connectivity index (χ2n) is 4.55. The molecule has 1 aromatic carbocycles. The molecule has 0 radical (unpaired) electrons. The van der Waals surface area contributed by atoms with E-state index in [4.69, 9.17) is 11.6 Å². The highest BCUT2D eigenvalue weighted by atomic mass is 35.5. The minimum Gasteiger partial charge on any atom is -0.298 e. The maximum Gasteiger partial charge on any atom is 0.258 e. The van der Waals surface area contributed by atoms with Crippen molar-refractivity contribution in [2.45, 2.75) is 4.90 Å². The Kier molecular flexibility index (Phi) is 4.95. The lowest BCUT2D eigenvalue weighted by Gasteiger charge is -2.06. The van der Waals surface area contributed by atoms with Crippen molar-refractivity contribution in [1.29, 1.82) is 0 Å². The Bertz CT molecular complexity index is 836. The number of anilines is 1. The zero-order valence-corrected chi connectivity index (χ0v) is 14.5. The van der Waals surface area contributed by atoms with Gasteiger partial charge < -0.3 is 0 Å². The molecule has 4 nitrogen and oxygen atoms in total. The van der Waals surface area contributed by atoms with Crippen LogP contribution in [0, 0.1) is 0 Å². The van der Waals surface area contributed by atoms with Crippen LogP contribution in [-0.4, -0.2) is 22.1 Å². The predicted molar refractivity (Wildman–Crippen MR) is 96.5 cm³/mol. The first kappa shape index (κ1) is 16.0. The van der Waals surface area contributed by atoms with E-state index >= 15 is 0 Å². The number of nitrogens with one attached hydrogen (secondary N) is 1. The summed E-state index contributed by atoms with van der Waals surface area (Å²) in [5.41, 5.74) is 1.94. The van der Waals surface area contributed by atoms with E-state index in [1.165, 1.54) is 11.3 Å². The molecule has 0 aliphatic heterocycles. The average molecular weight is 362 g/mol. The number of pyridine rings is 1. The van der Waals surface area contributed by atoms with Crippen LogP contribution < -0.4 is 5.32 Å². The molecule has 2 heterocycles. The molecule has 0 saturated heterocycles. The highest BCUT2D eigenvalue weighted by Gasteiger charge is 2.14. The molecule has 2 aromatic heterocycles. The fourth-order valence-electron chi connectivity index (χ4n) is 1.93. The summed E-state index contributed by atoms with van der Waals surface area (Å²) in [6.45, 7) is 0. The second-order valence-corrected chi connectivity index (χ2v) is 6.70. The molecule has 0 aliphatic rings. The highest BCUT2D eigenvalue weighted by molar-refractivity contribution is 7.98. The van der Waals surface area contributed by atoms with Crippen molar-refractivity contribution in [3.05, 3.63) is 58.6 Å². The van der Waals surface area contributed by atoms with Crippen LogP contribution in [0.1, 0.15) is 10.4 Å². The molecule has 0 atom stereocenters. The molecule has 116 valence electrons. The van der Waals surface area contributed by atoms with E-state index in [2.05, 4.69) is 15.3 Å². The van der Waals surface area contributed by atoms with E-state index in [0.717, 1.165) is 16.3 Å². The fourth-order valence-corrected chi connectivity index (χ4v) is 3.28. The molecule has 3 aromatic rings. The third-order valence-corrected chi connectivity index (χ3v) is 4.88. The zero-order chi connectivity index (χ0) is 16.2. The van der Waals surface area contributed by atoms with Gasteiger partial charge in [0.15, 0.2) is 5.13 Å². The van der Waals surface area contributed by atoms with Crippen molar-refractivity contribution in [3.63, 3.8) is 0 Å². The van der Waals surface area contributed by atoms with Crippen LogP contribution in [0.15, 0.2) is 52.9 Å². The van der Waals surface area contributed by atoms with Crippen LogP contribution >= 0.6 is 34.7 Å². The van der Waals surface area contributed by atoms with Crippen LogP contribution in [0.5, 0.6) is 0 Å². The lowest BCUT2D eigenvalue weighted by atomic mass is 10.2. The summed E-state index contributed by atoms with van der Waals surface area (Å²) in [5, 5.41) is 5.58. The van der Waals surface area contributed by atoms with Gasteiger partial charge in [-0.1, -0.05) is 17.7 Å². The highest BCUT2D eigenvalue weighted by Crippen LogP contribution is 2.26. The number of amides is 1. The number of aromatic nitrogens is 2. The zero-order valence-electron chi connectivity index (χ0n) is 12.1.